The third-order valence-corrected chi connectivity index (χ3v) is 4.71. The number of hydrogen-bond donors (Lipinski definition) is 1. The highest BCUT2D eigenvalue weighted by atomic mass is 32.2. The molecule has 5 nitrogen and oxygen atoms in total. The first-order valence-electron chi connectivity index (χ1n) is 8.13. The lowest BCUT2D eigenvalue weighted by Crippen LogP contribution is -2.23. The van der Waals surface area contributed by atoms with E-state index in [0.717, 1.165) is 29.2 Å². The molecule has 25 heavy (non-hydrogen) atoms. The van der Waals surface area contributed by atoms with Crippen LogP contribution < -0.4 is 15.0 Å². The highest BCUT2D eigenvalue weighted by Crippen LogP contribution is 2.24. The molecule has 1 aliphatic heterocycles. The fraction of sp³-hybridized carbons (Fsp3) is 0.263. The maximum absolute atomic E-state index is 12.0. The molecule has 3 rings (SSSR count). The van der Waals surface area contributed by atoms with Crippen molar-refractivity contribution in [1.29, 1.82) is 0 Å². The van der Waals surface area contributed by atoms with Crippen LogP contribution >= 0.6 is 11.8 Å². The monoisotopic (exact) mass is 356 g/mol. The Morgan fingerprint density at radius 1 is 1.16 bits per heavy atom. The number of hydrogen-bond acceptors (Lipinski definition) is 4. The number of carbonyl (C=O) groups is 2. The summed E-state index contributed by atoms with van der Waals surface area (Å²) in [5, 5.41) is 2.80. The number of nitrogens with one attached hydrogen (secondary N) is 1. The van der Waals surface area contributed by atoms with Gasteiger partial charge in [-0.15, -0.1) is 11.8 Å². The predicted molar refractivity (Wildman–Crippen MR) is 100 cm³/mol. The molecule has 6 heteroatoms. The molecule has 2 aromatic carbocycles. The van der Waals surface area contributed by atoms with Crippen LogP contribution in [0.4, 0.5) is 11.4 Å². The highest BCUT2D eigenvalue weighted by molar-refractivity contribution is 7.98. The number of anilines is 2. The van der Waals surface area contributed by atoms with Crippen molar-refractivity contribution >= 4 is 35.0 Å². The van der Waals surface area contributed by atoms with E-state index in [1.165, 1.54) is 0 Å². The molecule has 1 saturated heterocycles. The van der Waals surface area contributed by atoms with E-state index in [1.54, 1.807) is 28.8 Å². The molecule has 130 valence electrons. The summed E-state index contributed by atoms with van der Waals surface area (Å²) in [6.07, 6.45) is 3.51. The summed E-state index contributed by atoms with van der Waals surface area (Å²) in [6.45, 7) is 0.697. The van der Waals surface area contributed by atoms with Crippen LogP contribution in [0.1, 0.15) is 12.8 Å². The van der Waals surface area contributed by atoms with Gasteiger partial charge in [-0.2, -0.15) is 0 Å². The Labute approximate surface area is 151 Å². The van der Waals surface area contributed by atoms with Gasteiger partial charge < -0.3 is 15.0 Å². The lowest BCUT2D eigenvalue weighted by molar-refractivity contribution is -0.118. The Morgan fingerprint density at radius 2 is 1.88 bits per heavy atom. The van der Waals surface area contributed by atoms with Gasteiger partial charge in [0.1, 0.15) is 5.75 Å². The number of nitrogens with zero attached hydrogens (tertiary/aromatic N) is 1. The Balaban J connectivity index is 1.50. The summed E-state index contributed by atoms with van der Waals surface area (Å²) in [7, 11) is 0. The van der Waals surface area contributed by atoms with E-state index >= 15 is 0 Å². The molecule has 1 heterocycles. The number of carbonyl (C=O) groups excluding carboxylic acids is 2. The van der Waals surface area contributed by atoms with E-state index in [2.05, 4.69) is 5.32 Å². The molecule has 1 fully saturated rings. The molecule has 2 amide bonds. The van der Waals surface area contributed by atoms with Crippen molar-refractivity contribution in [3.63, 3.8) is 0 Å². The summed E-state index contributed by atoms with van der Waals surface area (Å²) in [5.41, 5.74) is 1.61. The number of amides is 2. The van der Waals surface area contributed by atoms with Crippen LogP contribution in [0, 0.1) is 0 Å². The zero-order valence-electron chi connectivity index (χ0n) is 14.0. The average molecular weight is 356 g/mol. The second-order valence-corrected chi connectivity index (χ2v) is 6.59. The lowest BCUT2D eigenvalue weighted by Gasteiger charge is -2.16. The number of thioether (sulfide) groups is 1. The zero-order chi connectivity index (χ0) is 17.6. The Bertz CT molecular complexity index is 744. The van der Waals surface area contributed by atoms with Crippen molar-refractivity contribution in [3.8, 4) is 5.75 Å². The largest absolute Gasteiger partial charge is 0.484 e. The minimum Gasteiger partial charge on any atom is -0.484 e. The van der Waals surface area contributed by atoms with Crippen molar-refractivity contribution in [2.24, 2.45) is 0 Å². The van der Waals surface area contributed by atoms with Crippen molar-refractivity contribution in [2.45, 2.75) is 17.7 Å². The van der Waals surface area contributed by atoms with Gasteiger partial charge >= 0.3 is 0 Å². The summed E-state index contributed by atoms with van der Waals surface area (Å²) < 4.78 is 5.51. The Hall–Kier alpha value is -2.47. The van der Waals surface area contributed by atoms with Crippen molar-refractivity contribution in [3.05, 3.63) is 48.5 Å². The lowest BCUT2D eigenvalue weighted by atomic mass is 10.3. The van der Waals surface area contributed by atoms with Gasteiger partial charge in [0.2, 0.25) is 5.91 Å². The summed E-state index contributed by atoms with van der Waals surface area (Å²) in [6, 6.07) is 14.9. The van der Waals surface area contributed by atoms with Gasteiger partial charge in [-0.25, -0.2) is 0 Å². The topological polar surface area (TPSA) is 58.6 Å². The van der Waals surface area contributed by atoms with Gasteiger partial charge in [0.25, 0.3) is 5.91 Å². The fourth-order valence-electron chi connectivity index (χ4n) is 2.66. The van der Waals surface area contributed by atoms with Crippen molar-refractivity contribution in [1.82, 2.24) is 0 Å². The van der Waals surface area contributed by atoms with E-state index in [0.29, 0.717) is 12.2 Å². The van der Waals surface area contributed by atoms with Crippen LogP contribution in [0.2, 0.25) is 0 Å². The summed E-state index contributed by atoms with van der Waals surface area (Å²) in [5.74, 6) is 0.541. The second kappa shape index (κ2) is 8.07. The third-order valence-electron chi connectivity index (χ3n) is 3.97. The second-order valence-electron chi connectivity index (χ2n) is 5.71. The SMILES string of the molecule is CSc1ccc(NC(=O)COc2ccc(N3CCCC3=O)cc2)cc1. The Morgan fingerprint density at radius 3 is 2.48 bits per heavy atom. The molecule has 0 unspecified atom stereocenters. The van der Waals surface area contributed by atoms with Gasteiger partial charge in [-0.3, -0.25) is 9.59 Å². The molecule has 0 aromatic heterocycles. The van der Waals surface area contributed by atoms with Gasteiger partial charge in [0.15, 0.2) is 6.61 Å². The van der Waals surface area contributed by atoms with Crippen LogP contribution in [0.15, 0.2) is 53.4 Å². The summed E-state index contributed by atoms with van der Waals surface area (Å²) in [4.78, 5) is 26.6. The molecule has 0 spiro atoms. The third kappa shape index (κ3) is 4.54. The molecule has 0 radical (unpaired) electrons. The van der Waals surface area contributed by atoms with Gasteiger partial charge in [-0.05, 0) is 61.2 Å². The van der Waals surface area contributed by atoms with Gasteiger partial charge in [0.05, 0.1) is 0 Å². The van der Waals surface area contributed by atoms with E-state index < -0.39 is 0 Å². The normalized spacial score (nSPS) is 13.8. The predicted octanol–water partition coefficient (Wildman–Crippen LogP) is 3.55. The van der Waals surface area contributed by atoms with E-state index in [4.69, 9.17) is 4.74 Å². The van der Waals surface area contributed by atoms with E-state index in [1.807, 2.05) is 42.7 Å². The number of benzene rings is 2. The first-order chi connectivity index (χ1) is 12.2. The maximum atomic E-state index is 12.0. The van der Waals surface area contributed by atoms with Crippen LogP contribution in [-0.2, 0) is 9.59 Å². The number of ether oxygens (including phenoxy) is 1. The van der Waals surface area contributed by atoms with Crippen molar-refractivity contribution < 1.29 is 14.3 Å². The molecule has 0 bridgehead atoms. The highest BCUT2D eigenvalue weighted by Gasteiger charge is 2.21. The van der Waals surface area contributed by atoms with Crippen LogP contribution in [0.3, 0.4) is 0 Å². The quantitative estimate of drug-likeness (QED) is 0.804. The van der Waals surface area contributed by atoms with E-state index in [-0.39, 0.29) is 18.4 Å². The Kier molecular flexibility index (Phi) is 5.60. The average Bonchev–Trinajstić information content (AvgIpc) is 3.07. The molecular weight excluding hydrogens is 336 g/mol. The molecular formula is C19H20N2O3S. The maximum Gasteiger partial charge on any atom is 0.262 e. The van der Waals surface area contributed by atoms with Crippen molar-refractivity contribution in [2.75, 3.05) is 29.6 Å². The summed E-state index contributed by atoms with van der Waals surface area (Å²) >= 11 is 1.65. The molecule has 1 aliphatic rings. The smallest absolute Gasteiger partial charge is 0.262 e. The van der Waals surface area contributed by atoms with Gasteiger partial charge in [-0.1, -0.05) is 0 Å². The van der Waals surface area contributed by atoms with E-state index in [9.17, 15) is 9.59 Å². The minimum absolute atomic E-state index is 0.0632. The minimum atomic E-state index is -0.212. The van der Waals surface area contributed by atoms with Crippen LogP contribution in [-0.4, -0.2) is 31.2 Å². The molecule has 2 aromatic rings. The standard InChI is InChI=1S/C19H20N2O3S/c1-25-17-10-4-14(5-11-17)20-18(22)13-24-16-8-6-15(7-9-16)21-12-2-3-19(21)23/h4-11H,2-3,12-13H2,1H3,(H,20,22). The molecule has 1 N–H and O–H groups in total. The molecule has 0 aliphatic carbocycles. The van der Waals surface area contributed by atoms with Crippen LogP contribution in [0.25, 0.3) is 0 Å². The van der Waals surface area contributed by atoms with Crippen LogP contribution in [0.5, 0.6) is 5.75 Å². The number of rotatable bonds is 6. The fourth-order valence-corrected chi connectivity index (χ4v) is 3.07. The van der Waals surface area contributed by atoms with Gasteiger partial charge in [0, 0.05) is 29.2 Å². The first-order valence-corrected chi connectivity index (χ1v) is 9.35. The first kappa shape index (κ1) is 17.4. The molecule has 0 atom stereocenters. The zero-order valence-corrected chi connectivity index (χ0v) is 14.8. The molecule has 0 saturated carbocycles.